The van der Waals surface area contributed by atoms with Gasteiger partial charge < -0.3 is 9.64 Å². The first-order chi connectivity index (χ1) is 16.9. The zero-order valence-corrected chi connectivity index (χ0v) is 19.7. The third-order valence-electron chi connectivity index (χ3n) is 6.74. The molecule has 0 saturated carbocycles. The molecule has 182 valence electrons. The third-order valence-corrected chi connectivity index (χ3v) is 6.74. The van der Waals surface area contributed by atoms with E-state index in [1.54, 1.807) is 24.3 Å². The molecular weight excluding hydrogens is 449 g/mol. The number of fused-ring (bicyclic) bond motifs is 1. The summed E-state index contributed by atoms with van der Waals surface area (Å²) in [4.78, 5) is 24.8. The van der Waals surface area contributed by atoms with E-state index in [1.807, 2.05) is 0 Å². The van der Waals surface area contributed by atoms with Crippen molar-refractivity contribution in [2.24, 2.45) is 5.92 Å². The lowest BCUT2D eigenvalue weighted by Gasteiger charge is -2.33. The summed E-state index contributed by atoms with van der Waals surface area (Å²) in [6, 6.07) is 12.6. The number of nitro groups is 1. The number of ether oxygens (including phenoxy) is 1. The van der Waals surface area contributed by atoms with E-state index in [-0.39, 0.29) is 11.5 Å². The fourth-order valence-electron chi connectivity index (χ4n) is 4.59. The van der Waals surface area contributed by atoms with Crippen LogP contribution in [-0.4, -0.2) is 39.4 Å². The van der Waals surface area contributed by atoms with Gasteiger partial charge in [-0.1, -0.05) is 19.1 Å². The zero-order valence-electron chi connectivity index (χ0n) is 19.7. The minimum Gasteiger partial charge on any atom is -0.438 e. The molecule has 1 aromatic heterocycles. The van der Waals surface area contributed by atoms with Crippen molar-refractivity contribution < 1.29 is 14.1 Å². The van der Waals surface area contributed by atoms with E-state index < -0.39 is 4.92 Å². The number of anilines is 1. The molecule has 8 nitrogen and oxygen atoms in total. The quantitative estimate of drug-likeness (QED) is 0.360. The molecule has 2 aromatic carbocycles. The Morgan fingerprint density at radius 1 is 1.06 bits per heavy atom. The molecule has 2 aliphatic rings. The third kappa shape index (κ3) is 5.40. The molecule has 0 bridgehead atoms. The van der Waals surface area contributed by atoms with E-state index in [9.17, 15) is 14.5 Å². The molecule has 0 spiro atoms. The first-order valence-corrected chi connectivity index (χ1v) is 12.0. The van der Waals surface area contributed by atoms with Crippen LogP contribution in [0.2, 0.25) is 0 Å². The largest absolute Gasteiger partial charge is 0.438 e. The molecule has 2 aliphatic heterocycles. The van der Waals surface area contributed by atoms with Crippen LogP contribution in [0.1, 0.15) is 36.6 Å². The number of nitro benzene ring substituents is 1. The standard InChI is InChI=1S/C26H28FN5O3/c1-18-10-14-31(15-11-18)26-28-24-12-13-30(16-19-2-6-21(7-3-19)32(33)34)17-23(24)25(29-26)35-22-8-4-20(27)5-9-22/h2-9,18H,10-17H2,1H3. The predicted molar refractivity (Wildman–Crippen MR) is 130 cm³/mol. The Balaban J connectivity index is 1.41. The van der Waals surface area contributed by atoms with E-state index in [0.29, 0.717) is 36.6 Å². The number of halogens is 1. The highest BCUT2D eigenvalue weighted by Crippen LogP contribution is 2.33. The van der Waals surface area contributed by atoms with Gasteiger partial charge in [-0.25, -0.2) is 9.37 Å². The summed E-state index contributed by atoms with van der Waals surface area (Å²) < 4.78 is 19.6. The molecule has 1 saturated heterocycles. The Kier molecular flexibility index (Phi) is 6.59. The predicted octanol–water partition coefficient (Wildman–Crippen LogP) is 5.11. The van der Waals surface area contributed by atoms with Crippen LogP contribution in [0.4, 0.5) is 16.0 Å². The maximum atomic E-state index is 13.4. The Labute approximate surface area is 203 Å². The van der Waals surface area contributed by atoms with Crippen molar-refractivity contribution in [1.29, 1.82) is 0 Å². The van der Waals surface area contributed by atoms with E-state index in [1.165, 1.54) is 24.3 Å². The topological polar surface area (TPSA) is 84.6 Å². The molecule has 35 heavy (non-hydrogen) atoms. The first kappa shape index (κ1) is 23.2. The molecule has 9 heteroatoms. The maximum Gasteiger partial charge on any atom is 0.269 e. The molecule has 0 radical (unpaired) electrons. The monoisotopic (exact) mass is 477 g/mol. The summed E-state index contributed by atoms with van der Waals surface area (Å²) in [6.45, 7) is 6.17. The summed E-state index contributed by atoms with van der Waals surface area (Å²) in [5.74, 6) is 2.10. The van der Waals surface area contributed by atoms with Crippen LogP contribution in [0.15, 0.2) is 48.5 Å². The number of hydrogen-bond acceptors (Lipinski definition) is 7. The summed E-state index contributed by atoms with van der Waals surface area (Å²) in [6.07, 6.45) is 2.97. The van der Waals surface area contributed by atoms with Crippen molar-refractivity contribution in [3.05, 3.63) is 81.3 Å². The van der Waals surface area contributed by atoms with E-state index in [0.717, 1.165) is 55.7 Å². The maximum absolute atomic E-state index is 13.4. The highest BCUT2D eigenvalue weighted by Gasteiger charge is 2.27. The summed E-state index contributed by atoms with van der Waals surface area (Å²) in [5, 5.41) is 10.9. The average molecular weight is 478 g/mol. The van der Waals surface area contributed by atoms with Crippen LogP contribution >= 0.6 is 0 Å². The van der Waals surface area contributed by atoms with Gasteiger partial charge >= 0.3 is 0 Å². The van der Waals surface area contributed by atoms with Gasteiger partial charge in [0.2, 0.25) is 11.8 Å². The van der Waals surface area contributed by atoms with Gasteiger partial charge in [0.05, 0.1) is 16.2 Å². The normalized spacial score (nSPS) is 16.7. The van der Waals surface area contributed by atoms with Gasteiger partial charge in [0.25, 0.3) is 5.69 Å². The molecule has 3 aromatic rings. The molecule has 0 N–H and O–H groups in total. The van der Waals surface area contributed by atoms with Crippen molar-refractivity contribution in [3.8, 4) is 11.6 Å². The fourth-order valence-corrected chi connectivity index (χ4v) is 4.59. The van der Waals surface area contributed by atoms with Crippen molar-refractivity contribution in [2.45, 2.75) is 39.3 Å². The lowest BCUT2D eigenvalue weighted by atomic mass is 9.99. The highest BCUT2D eigenvalue weighted by atomic mass is 19.1. The molecule has 0 aliphatic carbocycles. The molecular formula is C26H28FN5O3. The second kappa shape index (κ2) is 9.95. The molecule has 3 heterocycles. The number of aromatic nitrogens is 2. The Morgan fingerprint density at radius 3 is 2.46 bits per heavy atom. The molecule has 1 fully saturated rings. The van der Waals surface area contributed by atoms with Crippen LogP contribution in [0.25, 0.3) is 0 Å². The zero-order chi connectivity index (χ0) is 24.4. The Morgan fingerprint density at radius 2 is 1.77 bits per heavy atom. The second-order valence-electron chi connectivity index (χ2n) is 9.36. The number of nitrogens with zero attached hydrogens (tertiary/aromatic N) is 5. The fraction of sp³-hybridized carbons (Fsp3) is 0.385. The number of piperidine rings is 1. The summed E-state index contributed by atoms with van der Waals surface area (Å²) >= 11 is 0. The van der Waals surface area contributed by atoms with Gasteiger partial charge in [-0.2, -0.15) is 4.98 Å². The van der Waals surface area contributed by atoms with Gasteiger partial charge in [-0.15, -0.1) is 0 Å². The number of benzene rings is 2. The lowest BCUT2D eigenvalue weighted by Crippen LogP contribution is -2.36. The first-order valence-electron chi connectivity index (χ1n) is 12.0. The minimum absolute atomic E-state index is 0.0840. The van der Waals surface area contributed by atoms with Gasteiger partial charge in [0, 0.05) is 51.3 Å². The van der Waals surface area contributed by atoms with E-state index in [2.05, 4.69) is 16.7 Å². The van der Waals surface area contributed by atoms with Crippen LogP contribution in [-0.2, 0) is 19.5 Å². The lowest BCUT2D eigenvalue weighted by molar-refractivity contribution is -0.384. The van der Waals surface area contributed by atoms with Crippen molar-refractivity contribution >= 4 is 11.6 Å². The molecule has 0 unspecified atom stereocenters. The summed E-state index contributed by atoms with van der Waals surface area (Å²) in [5.41, 5.74) is 2.99. The van der Waals surface area contributed by atoms with Gasteiger partial charge in [-0.05, 0) is 48.6 Å². The number of hydrogen-bond donors (Lipinski definition) is 0. The molecule has 5 rings (SSSR count). The Hall–Kier alpha value is -3.59. The van der Waals surface area contributed by atoms with Crippen LogP contribution in [0, 0.1) is 21.8 Å². The van der Waals surface area contributed by atoms with Crippen LogP contribution in [0.3, 0.4) is 0 Å². The van der Waals surface area contributed by atoms with Gasteiger partial charge in [0.15, 0.2) is 0 Å². The highest BCUT2D eigenvalue weighted by molar-refractivity contribution is 5.44. The molecule has 0 atom stereocenters. The number of rotatable bonds is 6. The average Bonchev–Trinajstić information content (AvgIpc) is 2.86. The van der Waals surface area contributed by atoms with E-state index >= 15 is 0 Å². The smallest absolute Gasteiger partial charge is 0.269 e. The van der Waals surface area contributed by atoms with Crippen LogP contribution < -0.4 is 9.64 Å². The van der Waals surface area contributed by atoms with Gasteiger partial charge in [-0.3, -0.25) is 15.0 Å². The SMILES string of the molecule is CC1CCN(c2nc3c(c(Oc4ccc(F)cc4)n2)CN(Cc2ccc([N+](=O)[O-])cc2)CC3)CC1. The van der Waals surface area contributed by atoms with Gasteiger partial charge in [0.1, 0.15) is 11.6 Å². The van der Waals surface area contributed by atoms with Crippen molar-refractivity contribution in [3.63, 3.8) is 0 Å². The van der Waals surface area contributed by atoms with E-state index in [4.69, 9.17) is 14.7 Å². The number of non-ortho nitro benzene ring substituents is 1. The van der Waals surface area contributed by atoms with Crippen molar-refractivity contribution in [1.82, 2.24) is 14.9 Å². The van der Waals surface area contributed by atoms with Crippen LogP contribution in [0.5, 0.6) is 11.6 Å². The minimum atomic E-state index is -0.391. The van der Waals surface area contributed by atoms with Crippen molar-refractivity contribution in [2.75, 3.05) is 24.5 Å². The Bertz CT molecular complexity index is 1190. The summed E-state index contributed by atoms with van der Waals surface area (Å²) in [7, 11) is 0. The second-order valence-corrected chi connectivity index (χ2v) is 9.36. The molecule has 0 amide bonds.